The van der Waals surface area contributed by atoms with E-state index in [9.17, 15) is 0 Å². The second kappa shape index (κ2) is 4.72. The predicted octanol–water partition coefficient (Wildman–Crippen LogP) is 3.50. The van der Waals surface area contributed by atoms with Gasteiger partial charge in [-0.15, -0.1) is 0 Å². The van der Waals surface area contributed by atoms with Crippen molar-refractivity contribution in [2.24, 2.45) is 0 Å². The molecule has 0 saturated carbocycles. The average Bonchev–Trinajstić information content (AvgIpc) is 2.90. The smallest absolute Gasteiger partial charge is 0.0326 e. The summed E-state index contributed by atoms with van der Waals surface area (Å²) in [7, 11) is 0. The molecule has 0 aromatic heterocycles. The molecule has 1 nitrogen and oxygen atoms in total. The Balaban J connectivity index is 1.75. The molecule has 0 unspecified atom stereocenters. The van der Waals surface area contributed by atoms with Crippen LogP contribution >= 0.6 is 0 Å². The van der Waals surface area contributed by atoms with E-state index in [1.807, 2.05) is 0 Å². The fourth-order valence-electron chi connectivity index (χ4n) is 2.65. The molecule has 1 aliphatic heterocycles. The summed E-state index contributed by atoms with van der Waals surface area (Å²) in [5.41, 5.74) is 2.87. The molecule has 0 amide bonds. The van der Waals surface area contributed by atoms with Gasteiger partial charge in [0.15, 0.2) is 0 Å². The van der Waals surface area contributed by atoms with Crippen LogP contribution in [0.25, 0.3) is 0 Å². The molecular formula is C16H17N. The normalized spacial score (nSPS) is 23.8. The quantitative estimate of drug-likeness (QED) is 0.821. The molecule has 1 N–H and O–H groups in total. The first kappa shape index (κ1) is 10.5. The van der Waals surface area contributed by atoms with Crippen LogP contribution in [0.3, 0.4) is 0 Å². The molecule has 2 atom stereocenters. The second-order valence-corrected chi connectivity index (χ2v) is 4.71. The first-order valence-corrected chi connectivity index (χ1v) is 6.27. The third-order valence-corrected chi connectivity index (χ3v) is 3.60. The average molecular weight is 223 g/mol. The Morgan fingerprint density at radius 3 is 2.00 bits per heavy atom. The monoisotopic (exact) mass is 223 g/mol. The van der Waals surface area contributed by atoms with Crippen molar-refractivity contribution in [1.82, 2.24) is 5.32 Å². The van der Waals surface area contributed by atoms with E-state index in [4.69, 9.17) is 0 Å². The molecule has 1 aliphatic rings. The molecule has 0 spiro atoms. The lowest BCUT2D eigenvalue weighted by Gasteiger charge is -2.11. The summed E-state index contributed by atoms with van der Waals surface area (Å²) in [5, 5.41) is 3.62. The van der Waals surface area contributed by atoms with Crippen LogP contribution in [0, 0.1) is 0 Å². The number of hydrogen-bond acceptors (Lipinski definition) is 1. The maximum atomic E-state index is 3.62. The van der Waals surface area contributed by atoms with E-state index in [0.29, 0.717) is 12.0 Å². The van der Waals surface area contributed by atoms with Crippen LogP contribution in [0.2, 0.25) is 0 Å². The van der Waals surface area contributed by atoms with Crippen molar-refractivity contribution >= 4 is 0 Å². The summed E-state index contributed by atoms with van der Waals surface area (Å²) >= 11 is 0. The van der Waals surface area contributed by atoms with Gasteiger partial charge in [0.2, 0.25) is 0 Å². The summed E-state index contributed by atoms with van der Waals surface area (Å²) in [6.07, 6.45) is 1.20. The van der Waals surface area contributed by atoms with Crippen LogP contribution in [0.1, 0.15) is 29.5 Å². The third-order valence-electron chi connectivity index (χ3n) is 3.60. The maximum Gasteiger partial charge on any atom is 0.0326 e. The van der Waals surface area contributed by atoms with Crippen molar-refractivity contribution in [3.8, 4) is 0 Å². The van der Waals surface area contributed by atoms with Gasteiger partial charge in [0.25, 0.3) is 0 Å². The molecule has 0 bridgehead atoms. The van der Waals surface area contributed by atoms with Gasteiger partial charge in [0, 0.05) is 12.6 Å². The fourth-order valence-corrected chi connectivity index (χ4v) is 2.65. The predicted molar refractivity (Wildman–Crippen MR) is 71.0 cm³/mol. The van der Waals surface area contributed by atoms with Gasteiger partial charge in [-0.05, 0) is 23.5 Å². The summed E-state index contributed by atoms with van der Waals surface area (Å²) in [6.45, 7) is 1.09. The number of nitrogens with one attached hydrogen (secondary N) is 1. The van der Waals surface area contributed by atoms with Crippen LogP contribution in [0.5, 0.6) is 0 Å². The van der Waals surface area contributed by atoms with Crippen LogP contribution in [-0.2, 0) is 0 Å². The van der Waals surface area contributed by atoms with E-state index in [2.05, 4.69) is 66.0 Å². The van der Waals surface area contributed by atoms with Crippen molar-refractivity contribution in [3.05, 3.63) is 71.8 Å². The van der Waals surface area contributed by atoms with Crippen LogP contribution < -0.4 is 5.32 Å². The highest BCUT2D eigenvalue weighted by Gasteiger charge is 2.25. The van der Waals surface area contributed by atoms with E-state index in [1.54, 1.807) is 0 Å². The van der Waals surface area contributed by atoms with Crippen molar-refractivity contribution in [3.63, 3.8) is 0 Å². The minimum absolute atomic E-state index is 0.515. The van der Waals surface area contributed by atoms with E-state index < -0.39 is 0 Å². The van der Waals surface area contributed by atoms with Gasteiger partial charge in [-0.1, -0.05) is 60.7 Å². The molecule has 1 heteroatoms. The summed E-state index contributed by atoms with van der Waals surface area (Å²) in [5.74, 6) is 0.654. The van der Waals surface area contributed by atoms with Gasteiger partial charge in [-0.2, -0.15) is 0 Å². The molecule has 2 aromatic carbocycles. The van der Waals surface area contributed by atoms with Crippen molar-refractivity contribution in [1.29, 1.82) is 0 Å². The summed E-state index contributed by atoms with van der Waals surface area (Å²) < 4.78 is 0. The van der Waals surface area contributed by atoms with Gasteiger partial charge in [-0.25, -0.2) is 0 Å². The first-order valence-electron chi connectivity index (χ1n) is 6.27. The van der Waals surface area contributed by atoms with Crippen LogP contribution in [0.4, 0.5) is 0 Å². The van der Waals surface area contributed by atoms with Crippen molar-refractivity contribution in [2.75, 3.05) is 6.54 Å². The molecule has 0 radical (unpaired) electrons. The highest BCUT2D eigenvalue weighted by atomic mass is 14.9. The molecule has 2 aromatic rings. The zero-order chi connectivity index (χ0) is 11.5. The minimum Gasteiger partial charge on any atom is -0.309 e. The Morgan fingerprint density at radius 1 is 0.765 bits per heavy atom. The van der Waals surface area contributed by atoms with Gasteiger partial charge in [0.05, 0.1) is 0 Å². The number of rotatable bonds is 2. The summed E-state index contributed by atoms with van der Waals surface area (Å²) in [6, 6.07) is 22.1. The zero-order valence-corrected chi connectivity index (χ0v) is 9.84. The second-order valence-electron chi connectivity index (χ2n) is 4.71. The van der Waals surface area contributed by atoms with Crippen molar-refractivity contribution in [2.45, 2.75) is 18.4 Å². The highest BCUT2D eigenvalue weighted by Crippen LogP contribution is 2.33. The largest absolute Gasteiger partial charge is 0.309 e. The fraction of sp³-hybridized carbons (Fsp3) is 0.250. The Labute approximate surface area is 102 Å². The summed E-state index contributed by atoms with van der Waals surface area (Å²) in [4.78, 5) is 0. The topological polar surface area (TPSA) is 12.0 Å². The zero-order valence-electron chi connectivity index (χ0n) is 9.84. The van der Waals surface area contributed by atoms with Crippen LogP contribution in [-0.4, -0.2) is 6.54 Å². The molecule has 1 saturated heterocycles. The molecule has 86 valence electrons. The van der Waals surface area contributed by atoms with Crippen molar-refractivity contribution < 1.29 is 0 Å². The standard InChI is InChI=1S/C16H17N/c1-3-7-13(8-4-1)15-11-16(17-12-15)14-9-5-2-6-10-14/h1-10,15-17H,11-12H2/t15-,16+/m0/s1. The van der Waals surface area contributed by atoms with Gasteiger partial charge in [-0.3, -0.25) is 0 Å². The number of benzene rings is 2. The number of hydrogen-bond donors (Lipinski definition) is 1. The first-order chi connectivity index (χ1) is 8.43. The molecule has 17 heavy (non-hydrogen) atoms. The SMILES string of the molecule is c1ccc([C@@H]2CN[C@@H](c3ccccc3)C2)cc1. The lowest BCUT2D eigenvalue weighted by atomic mass is 9.94. The minimum atomic E-state index is 0.515. The van der Waals surface area contributed by atoms with E-state index in [1.165, 1.54) is 17.5 Å². The van der Waals surface area contributed by atoms with E-state index in [0.717, 1.165) is 6.54 Å². The van der Waals surface area contributed by atoms with Gasteiger partial charge >= 0.3 is 0 Å². The van der Waals surface area contributed by atoms with E-state index >= 15 is 0 Å². The molecule has 0 aliphatic carbocycles. The highest BCUT2D eigenvalue weighted by molar-refractivity contribution is 5.26. The van der Waals surface area contributed by atoms with E-state index in [-0.39, 0.29) is 0 Å². The molecule has 1 fully saturated rings. The Hall–Kier alpha value is -1.60. The van der Waals surface area contributed by atoms with Gasteiger partial charge in [0.1, 0.15) is 0 Å². The van der Waals surface area contributed by atoms with Crippen LogP contribution in [0.15, 0.2) is 60.7 Å². The molecule has 1 heterocycles. The molecular weight excluding hydrogens is 206 g/mol. The Bertz CT molecular complexity index is 418. The Kier molecular flexibility index (Phi) is 2.93. The lowest BCUT2D eigenvalue weighted by Crippen LogP contribution is -2.13. The Morgan fingerprint density at radius 2 is 1.35 bits per heavy atom. The molecule has 3 rings (SSSR count). The maximum absolute atomic E-state index is 3.62. The third kappa shape index (κ3) is 2.25. The lowest BCUT2D eigenvalue weighted by molar-refractivity contribution is 0.642. The van der Waals surface area contributed by atoms with Gasteiger partial charge < -0.3 is 5.32 Å².